The zero-order chi connectivity index (χ0) is 55.0. The molecule has 0 radical (unpaired) electrons. The molecule has 0 bridgehead atoms. The summed E-state index contributed by atoms with van der Waals surface area (Å²) < 4.78 is 16.8. The highest BCUT2D eigenvalue weighted by Crippen LogP contribution is 2.15. The lowest BCUT2D eigenvalue weighted by molar-refractivity contribution is -0.167. The molecule has 0 aliphatic heterocycles. The normalized spacial score (nSPS) is 13.0. The molecule has 0 rings (SSSR count). The highest BCUT2D eigenvalue weighted by atomic mass is 16.6. The topological polar surface area (TPSA) is 78.9 Å². The molecule has 0 aromatic carbocycles. The third-order valence-electron chi connectivity index (χ3n) is 12.9. The van der Waals surface area contributed by atoms with Crippen molar-refractivity contribution in [2.45, 2.75) is 277 Å². The van der Waals surface area contributed by atoms with Gasteiger partial charge in [-0.2, -0.15) is 0 Å². The van der Waals surface area contributed by atoms with E-state index in [0.717, 1.165) is 135 Å². The summed E-state index contributed by atoms with van der Waals surface area (Å²) >= 11 is 0. The smallest absolute Gasteiger partial charge is 0.306 e. The summed E-state index contributed by atoms with van der Waals surface area (Å²) in [4.78, 5) is 38.0. The molecule has 1 atom stereocenters. The minimum Gasteiger partial charge on any atom is -0.462 e. The molecule has 1 unspecified atom stereocenters. The minimum atomic E-state index is -0.797. The van der Waals surface area contributed by atoms with Crippen LogP contribution in [0.3, 0.4) is 0 Å². The van der Waals surface area contributed by atoms with Crippen molar-refractivity contribution >= 4 is 17.9 Å². The maximum atomic E-state index is 12.8. The van der Waals surface area contributed by atoms with Gasteiger partial charge < -0.3 is 14.2 Å². The van der Waals surface area contributed by atoms with Crippen molar-refractivity contribution < 1.29 is 28.6 Å². The fourth-order valence-electron chi connectivity index (χ4n) is 8.30. The summed E-state index contributed by atoms with van der Waals surface area (Å²) in [7, 11) is 0. The zero-order valence-electron chi connectivity index (χ0n) is 49.2. The van der Waals surface area contributed by atoms with Gasteiger partial charge in [-0.15, -0.1) is 0 Å². The standard InChI is InChI=1S/C70H114O6/c1-4-7-10-13-16-18-20-22-24-26-28-30-32-34-35-37-38-40-42-44-46-48-50-52-54-57-60-63-69(72)75-66-67(65-74-68(71)62-59-56-15-12-9-6-3)76-70(73)64-61-58-55-53-51-49-47-45-43-41-39-36-33-31-29-27-25-23-21-19-17-14-11-8-5-2/h7-8,10-11,16-19,22-25,28-31,36,39,43,45,49,51,67H,4-6,9,12-15,20-21,26-27,32-35,37-38,40-42,44,46-48,50,52-66H2,1-3H3/b10-7-,11-8-,18-16-,19-17-,24-22-,25-23-,30-28-,31-29-,39-36-,45-43-,51-49-. The SMILES string of the molecule is CC/C=C\C/C=C\C/C=C\C/C=C\C/C=C\C/C=C\C/C=C\CCCCCC(=O)OC(COC(=O)CCCCCCCC)COC(=O)CCCCCCCCCCCCCCCC/C=C\C/C=C\C/C=C\C/C=C\CC. The van der Waals surface area contributed by atoms with Crippen molar-refractivity contribution in [3.63, 3.8) is 0 Å². The highest BCUT2D eigenvalue weighted by molar-refractivity contribution is 5.71. The van der Waals surface area contributed by atoms with Crippen LogP contribution in [0.2, 0.25) is 0 Å². The van der Waals surface area contributed by atoms with E-state index < -0.39 is 6.10 Å². The van der Waals surface area contributed by atoms with E-state index in [-0.39, 0.29) is 37.5 Å². The Bertz CT molecular complexity index is 1630. The van der Waals surface area contributed by atoms with Crippen molar-refractivity contribution in [1.29, 1.82) is 0 Å². The van der Waals surface area contributed by atoms with Crippen LogP contribution in [0.4, 0.5) is 0 Å². The molecule has 0 aliphatic carbocycles. The van der Waals surface area contributed by atoms with Crippen molar-refractivity contribution in [1.82, 2.24) is 0 Å². The second kappa shape index (κ2) is 63.1. The van der Waals surface area contributed by atoms with Crippen molar-refractivity contribution in [3.05, 3.63) is 134 Å². The van der Waals surface area contributed by atoms with E-state index in [2.05, 4.69) is 154 Å². The number of allylic oxidation sites excluding steroid dienone is 22. The molecule has 0 fully saturated rings. The van der Waals surface area contributed by atoms with Crippen LogP contribution in [0, 0.1) is 0 Å². The van der Waals surface area contributed by atoms with Gasteiger partial charge in [-0.3, -0.25) is 14.4 Å². The first-order valence-electron chi connectivity index (χ1n) is 31.2. The van der Waals surface area contributed by atoms with Crippen LogP contribution in [-0.2, 0) is 28.6 Å². The lowest BCUT2D eigenvalue weighted by atomic mass is 10.0. The Morgan fingerprint density at radius 2 is 0.513 bits per heavy atom. The van der Waals surface area contributed by atoms with Crippen LogP contribution in [0.5, 0.6) is 0 Å². The van der Waals surface area contributed by atoms with Gasteiger partial charge in [0.05, 0.1) is 0 Å². The maximum Gasteiger partial charge on any atom is 0.306 e. The fourth-order valence-corrected chi connectivity index (χ4v) is 8.30. The molecule has 0 heterocycles. The molecule has 0 amide bonds. The number of ether oxygens (including phenoxy) is 3. The minimum absolute atomic E-state index is 0.0941. The van der Waals surface area contributed by atoms with E-state index in [0.29, 0.717) is 12.8 Å². The van der Waals surface area contributed by atoms with Gasteiger partial charge in [0, 0.05) is 19.3 Å². The van der Waals surface area contributed by atoms with Crippen LogP contribution in [0.1, 0.15) is 271 Å². The summed E-state index contributed by atoms with van der Waals surface area (Å²) in [5.41, 5.74) is 0. The Kier molecular flexibility index (Phi) is 59.4. The van der Waals surface area contributed by atoms with Gasteiger partial charge in [0.25, 0.3) is 0 Å². The summed E-state index contributed by atoms with van der Waals surface area (Å²) in [5, 5.41) is 0. The van der Waals surface area contributed by atoms with E-state index in [1.165, 1.54) is 96.3 Å². The molecule has 0 saturated carbocycles. The molecule has 6 nitrogen and oxygen atoms in total. The van der Waals surface area contributed by atoms with Crippen LogP contribution in [0.25, 0.3) is 0 Å². The molecule has 0 aromatic heterocycles. The van der Waals surface area contributed by atoms with Crippen molar-refractivity contribution in [2.75, 3.05) is 13.2 Å². The third kappa shape index (κ3) is 60.4. The zero-order valence-corrected chi connectivity index (χ0v) is 49.2. The van der Waals surface area contributed by atoms with Gasteiger partial charge in [0.2, 0.25) is 0 Å². The van der Waals surface area contributed by atoms with Gasteiger partial charge in [-0.05, 0) is 116 Å². The van der Waals surface area contributed by atoms with E-state index in [4.69, 9.17) is 14.2 Å². The van der Waals surface area contributed by atoms with Gasteiger partial charge in [0.1, 0.15) is 13.2 Å². The van der Waals surface area contributed by atoms with Crippen molar-refractivity contribution in [2.24, 2.45) is 0 Å². The molecule has 0 N–H and O–H groups in total. The number of carbonyl (C=O) groups excluding carboxylic acids is 3. The first-order valence-corrected chi connectivity index (χ1v) is 31.2. The first kappa shape index (κ1) is 71.5. The van der Waals surface area contributed by atoms with E-state index in [1.54, 1.807) is 0 Å². The first-order chi connectivity index (χ1) is 37.5. The summed E-state index contributed by atoms with van der Waals surface area (Å²) in [6.07, 6.45) is 89.2. The average Bonchev–Trinajstić information content (AvgIpc) is 3.42. The second-order valence-corrected chi connectivity index (χ2v) is 20.2. The Hall–Kier alpha value is -4.45. The summed E-state index contributed by atoms with van der Waals surface area (Å²) in [6.45, 7) is 6.33. The molecular weight excluding hydrogens is 937 g/mol. The lowest BCUT2D eigenvalue weighted by Gasteiger charge is -2.18. The Morgan fingerprint density at radius 1 is 0.276 bits per heavy atom. The van der Waals surface area contributed by atoms with E-state index >= 15 is 0 Å². The number of carbonyl (C=O) groups is 3. The molecular formula is C70H114O6. The molecule has 0 spiro atoms. The van der Waals surface area contributed by atoms with Crippen LogP contribution in [-0.4, -0.2) is 37.2 Å². The lowest BCUT2D eigenvalue weighted by Crippen LogP contribution is -2.30. The number of esters is 3. The number of hydrogen-bond donors (Lipinski definition) is 0. The molecule has 0 aliphatic rings. The van der Waals surface area contributed by atoms with Gasteiger partial charge in [-0.1, -0.05) is 270 Å². The molecule has 0 saturated heterocycles. The second-order valence-electron chi connectivity index (χ2n) is 20.2. The Balaban J connectivity index is 4.18. The predicted molar refractivity (Wildman–Crippen MR) is 329 cm³/mol. The average molecular weight is 1050 g/mol. The quantitative estimate of drug-likeness (QED) is 0.0261. The van der Waals surface area contributed by atoms with Gasteiger partial charge in [0.15, 0.2) is 6.10 Å². The van der Waals surface area contributed by atoms with Crippen LogP contribution < -0.4 is 0 Å². The highest BCUT2D eigenvalue weighted by Gasteiger charge is 2.19. The van der Waals surface area contributed by atoms with Crippen LogP contribution >= 0.6 is 0 Å². The Labute approximate surface area is 468 Å². The van der Waals surface area contributed by atoms with Crippen molar-refractivity contribution in [3.8, 4) is 0 Å². The fraction of sp³-hybridized carbons (Fsp3) is 0.643. The Morgan fingerprint density at radius 3 is 0.816 bits per heavy atom. The largest absolute Gasteiger partial charge is 0.462 e. The van der Waals surface area contributed by atoms with Crippen LogP contribution in [0.15, 0.2) is 134 Å². The number of hydrogen-bond acceptors (Lipinski definition) is 6. The van der Waals surface area contributed by atoms with Gasteiger partial charge >= 0.3 is 17.9 Å². The number of unbranched alkanes of at least 4 members (excludes halogenated alkanes) is 22. The van der Waals surface area contributed by atoms with Gasteiger partial charge in [-0.25, -0.2) is 0 Å². The summed E-state index contributed by atoms with van der Waals surface area (Å²) in [6, 6.07) is 0. The molecule has 430 valence electrons. The predicted octanol–water partition coefficient (Wildman–Crippen LogP) is 21.4. The monoisotopic (exact) mass is 1050 g/mol. The maximum absolute atomic E-state index is 12.8. The summed E-state index contributed by atoms with van der Waals surface area (Å²) in [5.74, 6) is -0.938. The molecule has 76 heavy (non-hydrogen) atoms. The van der Waals surface area contributed by atoms with E-state index in [9.17, 15) is 14.4 Å². The number of rotatable bonds is 55. The molecule has 0 aromatic rings. The van der Waals surface area contributed by atoms with E-state index in [1.807, 2.05) is 0 Å². The third-order valence-corrected chi connectivity index (χ3v) is 12.9. The molecule has 6 heteroatoms.